The van der Waals surface area contributed by atoms with E-state index in [4.69, 9.17) is 10.8 Å². The van der Waals surface area contributed by atoms with Gasteiger partial charge in [0.05, 0.1) is 6.61 Å². The Bertz CT molecular complexity index is 158. The Kier molecular flexibility index (Phi) is 2.72. The van der Waals surface area contributed by atoms with Crippen LogP contribution in [0.1, 0.15) is 38.5 Å². The number of rotatable bonds is 1. The number of aliphatic hydroxyl groups is 1. The normalized spacial score (nSPS) is 29.5. The molecule has 2 aliphatic carbocycles. The van der Waals surface area contributed by atoms with Crippen LogP contribution in [-0.2, 0) is 0 Å². The zero-order valence-electron chi connectivity index (χ0n) is 7.38. The summed E-state index contributed by atoms with van der Waals surface area (Å²) in [5.74, 6) is 0. The van der Waals surface area contributed by atoms with Gasteiger partial charge in [-0.25, -0.2) is 0 Å². The minimum Gasteiger partial charge on any atom is -0.394 e. The van der Waals surface area contributed by atoms with E-state index in [0.29, 0.717) is 5.41 Å². The van der Waals surface area contributed by atoms with Crippen molar-refractivity contribution in [2.75, 3.05) is 6.61 Å². The van der Waals surface area contributed by atoms with Gasteiger partial charge in [0.25, 0.3) is 0 Å². The number of halogens is 1. The monoisotopic (exact) mass is 191 g/mol. The fraction of sp³-hybridized carbons (Fsp3) is 1.00. The molecule has 2 aliphatic rings. The highest BCUT2D eigenvalue weighted by atomic mass is 35.5. The topological polar surface area (TPSA) is 46.2 Å². The van der Waals surface area contributed by atoms with Crippen molar-refractivity contribution >= 4 is 12.4 Å². The second kappa shape index (κ2) is 3.17. The van der Waals surface area contributed by atoms with Crippen molar-refractivity contribution in [2.24, 2.45) is 11.1 Å². The van der Waals surface area contributed by atoms with E-state index in [1.807, 2.05) is 0 Å². The highest BCUT2D eigenvalue weighted by molar-refractivity contribution is 5.85. The van der Waals surface area contributed by atoms with Gasteiger partial charge >= 0.3 is 0 Å². The average Bonchev–Trinajstić information content (AvgIpc) is 2.35. The summed E-state index contributed by atoms with van der Waals surface area (Å²) in [5, 5.41) is 8.96. The van der Waals surface area contributed by atoms with Crippen LogP contribution in [0.5, 0.6) is 0 Å². The van der Waals surface area contributed by atoms with Crippen LogP contribution in [0.15, 0.2) is 0 Å². The zero-order valence-corrected chi connectivity index (χ0v) is 8.20. The molecule has 2 saturated carbocycles. The second-order valence-electron chi connectivity index (χ2n) is 4.58. The largest absolute Gasteiger partial charge is 0.394 e. The first-order valence-electron chi connectivity index (χ1n) is 4.58. The third kappa shape index (κ3) is 1.48. The molecule has 0 aromatic carbocycles. The lowest BCUT2D eigenvalue weighted by molar-refractivity contribution is -0.00463. The molecule has 72 valence electrons. The Morgan fingerprint density at radius 1 is 1.17 bits per heavy atom. The van der Waals surface area contributed by atoms with Crippen LogP contribution in [0.2, 0.25) is 0 Å². The molecule has 2 nitrogen and oxygen atoms in total. The third-order valence-electron chi connectivity index (χ3n) is 3.43. The molecule has 12 heavy (non-hydrogen) atoms. The van der Waals surface area contributed by atoms with Crippen LogP contribution in [-0.4, -0.2) is 17.3 Å². The highest BCUT2D eigenvalue weighted by Crippen LogP contribution is 2.56. The first-order chi connectivity index (χ1) is 5.18. The second-order valence-corrected chi connectivity index (χ2v) is 4.58. The summed E-state index contributed by atoms with van der Waals surface area (Å²) in [5.41, 5.74) is 6.27. The van der Waals surface area contributed by atoms with Crippen LogP contribution in [0.3, 0.4) is 0 Å². The van der Waals surface area contributed by atoms with E-state index in [0.717, 1.165) is 12.8 Å². The lowest BCUT2D eigenvalue weighted by Gasteiger charge is -2.52. The lowest BCUT2D eigenvalue weighted by atomic mass is 9.57. The van der Waals surface area contributed by atoms with Gasteiger partial charge in [0.15, 0.2) is 0 Å². The van der Waals surface area contributed by atoms with Crippen LogP contribution < -0.4 is 5.73 Å². The molecular formula is C9H18ClNO. The first-order valence-corrected chi connectivity index (χ1v) is 4.58. The van der Waals surface area contributed by atoms with Gasteiger partial charge < -0.3 is 10.8 Å². The van der Waals surface area contributed by atoms with Crippen LogP contribution in [0, 0.1) is 5.41 Å². The molecular weight excluding hydrogens is 174 g/mol. The minimum atomic E-state index is -0.204. The number of hydrogen-bond acceptors (Lipinski definition) is 2. The van der Waals surface area contributed by atoms with E-state index in [-0.39, 0.29) is 24.6 Å². The molecule has 0 amide bonds. The lowest BCUT2D eigenvalue weighted by Crippen LogP contribution is -2.59. The van der Waals surface area contributed by atoms with Crippen molar-refractivity contribution in [2.45, 2.75) is 44.1 Å². The maximum atomic E-state index is 8.96. The van der Waals surface area contributed by atoms with Crippen LogP contribution in [0.4, 0.5) is 0 Å². The smallest absolute Gasteiger partial charge is 0.0611 e. The number of aliphatic hydroxyl groups excluding tert-OH is 1. The first kappa shape index (κ1) is 10.3. The van der Waals surface area contributed by atoms with Gasteiger partial charge in [-0.05, 0) is 31.1 Å². The van der Waals surface area contributed by atoms with Crippen molar-refractivity contribution in [3.63, 3.8) is 0 Å². The minimum absolute atomic E-state index is 0. The predicted octanol–water partition coefficient (Wildman–Crippen LogP) is 1.45. The molecule has 1 spiro atoms. The molecule has 0 bridgehead atoms. The van der Waals surface area contributed by atoms with Gasteiger partial charge in [-0.3, -0.25) is 0 Å². The summed E-state index contributed by atoms with van der Waals surface area (Å²) in [7, 11) is 0. The molecule has 2 fully saturated rings. The summed E-state index contributed by atoms with van der Waals surface area (Å²) in [6.07, 6.45) is 7.59. The quantitative estimate of drug-likeness (QED) is 0.659. The molecule has 3 heteroatoms. The molecule has 0 unspecified atom stereocenters. The molecule has 3 N–H and O–H groups in total. The molecule has 0 radical (unpaired) electrons. The van der Waals surface area contributed by atoms with Crippen molar-refractivity contribution in [3.8, 4) is 0 Å². The zero-order chi connectivity index (χ0) is 7.95. The molecule has 0 aliphatic heterocycles. The van der Waals surface area contributed by atoms with Gasteiger partial charge in [0.1, 0.15) is 0 Å². The Balaban J connectivity index is 0.000000720. The van der Waals surface area contributed by atoms with E-state index in [9.17, 15) is 0 Å². The molecule has 0 aromatic heterocycles. The summed E-state index contributed by atoms with van der Waals surface area (Å²) < 4.78 is 0. The Morgan fingerprint density at radius 2 is 1.67 bits per heavy atom. The van der Waals surface area contributed by atoms with E-state index in [2.05, 4.69) is 0 Å². The third-order valence-corrected chi connectivity index (χ3v) is 3.43. The maximum absolute atomic E-state index is 8.96. The van der Waals surface area contributed by atoms with E-state index >= 15 is 0 Å². The summed E-state index contributed by atoms with van der Waals surface area (Å²) >= 11 is 0. The van der Waals surface area contributed by atoms with Gasteiger partial charge in [-0.15, -0.1) is 12.4 Å². The number of hydrogen-bond donors (Lipinski definition) is 2. The fourth-order valence-electron chi connectivity index (χ4n) is 3.03. The van der Waals surface area contributed by atoms with Gasteiger partial charge in [-0.2, -0.15) is 0 Å². The van der Waals surface area contributed by atoms with Gasteiger partial charge in [-0.1, -0.05) is 12.8 Å². The molecule has 2 rings (SSSR count). The summed E-state index contributed by atoms with van der Waals surface area (Å²) in [4.78, 5) is 0. The summed E-state index contributed by atoms with van der Waals surface area (Å²) in [6, 6.07) is 0. The van der Waals surface area contributed by atoms with E-state index in [1.54, 1.807) is 0 Å². The molecule has 0 aromatic rings. The Hall–Kier alpha value is 0.210. The SMILES string of the molecule is Cl.NC1(CO)CC2(CCCC2)C1. The molecule has 0 atom stereocenters. The average molecular weight is 192 g/mol. The Morgan fingerprint density at radius 3 is 2.08 bits per heavy atom. The van der Waals surface area contributed by atoms with Crippen molar-refractivity contribution < 1.29 is 5.11 Å². The van der Waals surface area contributed by atoms with Crippen molar-refractivity contribution in [1.29, 1.82) is 0 Å². The van der Waals surface area contributed by atoms with E-state index in [1.165, 1.54) is 25.7 Å². The van der Waals surface area contributed by atoms with Crippen molar-refractivity contribution in [3.05, 3.63) is 0 Å². The van der Waals surface area contributed by atoms with Crippen LogP contribution in [0.25, 0.3) is 0 Å². The highest BCUT2D eigenvalue weighted by Gasteiger charge is 2.52. The van der Waals surface area contributed by atoms with Gasteiger partial charge in [0, 0.05) is 5.54 Å². The summed E-state index contributed by atoms with van der Waals surface area (Å²) in [6.45, 7) is 0.175. The van der Waals surface area contributed by atoms with Crippen molar-refractivity contribution in [1.82, 2.24) is 0 Å². The molecule has 0 saturated heterocycles. The van der Waals surface area contributed by atoms with Gasteiger partial charge in [0.2, 0.25) is 0 Å². The fourth-order valence-corrected chi connectivity index (χ4v) is 3.03. The standard InChI is InChI=1S/C9H17NO.ClH/c10-9(7-11)5-8(6-9)3-1-2-4-8;/h11H,1-7,10H2;1H. The van der Waals surface area contributed by atoms with Crippen LogP contribution >= 0.6 is 12.4 Å². The number of nitrogens with two attached hydrogens (primary N) is 1. The Labute approximate surface area is 79.9 Å². The predicted molar refractivity (Wildman–Crippen MR) is 51.4 cm³/mol. The van der Waals surface area contributed by atoms with E-state index < -0.39 is 0 Å². The molecule has 0 heterocycles. The maximum Gasteiger partial charge on any atom is 0.0611 e.